The molecule has 3 heterocycles. The maximum Gasteiger partial charge on any atom is 0.254 e. The molecule has 6 nitrogen and oxygen atoms in total. The maximum absolute atomic E-state index is 13.2. The van der Waals surface area contributed by atoms with Crippen LogP contribution in [0.3, 0.4) is 0 Å². The Labute approximate surface area is 152 Å². The first-order chi connectivity index (χ1) is 12.4. The highest BCUT2D eigenvalue weighted by molar-refractivity contribution is 6.06. The molecule has 1 fully saturated rings. The van der Waals surface area contributed by atoms with E-state index in [0.717, 1.165) is 46.7 Å². The molecule has 0 radical (unpaired) electrons. The number of hydrogen-bond acceptors (Lipinski definition) is 4. The molecule has 3 aromatic rings. The number of hydrogen-bond donors (Lipinski definition) is 0. The molecular formula is C20H23N5O. The number of carbonyl (C=O) groups is 1. The third-order valence-corrected chi connectivity index (χ3v) is 4.91. The Bertz CT molecular complexity index is 1000. The number of aryl methyl sites for hydroxylation is 3. The molecule has 6 heteroatoms. The van der Waals surface area contributed by atoms with E-state index in [1.165, 1.54) is 0 Å². The molecule has 0 aliphatic heterocycles. The molecule has 0 N–H and O–H groups in total. The summed E-state index contributed by atoms with van der Waals surface area (Å²) < 4.78 is 1.77. The monoisotopic (exact) mass is 349 g/mol. The zero-order valence-corrected chi connectivity index (χ0v) is 15.7. The van der Waals surface area contributed by atoms with Crippen LogP contribution in [0.1, 0.15) is 51.9 Å². The number of nitrogens with zero attached hydrogens (tertiary/aromatic N) is 5. The smallest absolute Gasteiger partial charge is 0.254 e. The van der Waals surface area contributed by atoms with E-state index in [2.05, 4.69) is 10.1 Å². The Morgan fingerprint density at radius 3 is 2.73 bits per heavy atom. The Morgan fingerprint density at radius 1 is 1.27 bits per heavy atom. The lowest BCUT2D eigenvalue weighted by Gasteiger charge is -2.18. The fourth-order valence-electron chi connectivity index (χ4n) is 3.43. The van der Waals surface area contributed by atoms with Gasteiger partial charge in [-0.15, -0.1) is 0 Å². The van der Waals surface area contributed by atoms with E-state index < -0.39 is 0 Å². The number of amides is 1. The zero-order valence-electron chi connectivity index (χ0n) is 15.7. The van der Waals surface area contributed by atoms with E-state index in [0.29, 0.717) is 18.0 Å². The predicted molar refractivity (Wildman–Crippen MR) is 100.0 cm³/mol. The van der Waals surface area contributed by atoms with Crippen molar-refractivity contribution in [2.75, 3.05) is 7.05 Å². The van der Waals surface area contributed by atoms with Crippen molar-refractivity contribution in [2.24, 2.45) is 7.05 Å². The maximum atomic E-state index is 13.2. The van der Waals surface area contributed by atoms with Crippen LogP contribution in [0.25, 0.3) is 11.0 Å². The lowest BCUT2D eigenvalue weighted by atomic mass is 10.1. The zero-order chi connectivity index (χ0) is 18.4. The van der Waals surface area contributed by atoms with Gasteiger partial charge < -0.3 is 4.90 Å². The molecule has 0 bridgehead atoms. The second-order valence-corrected chi connectivity index (χ2v) is 7.21. The highest BCUT2D eigenvalue weighted by Gasteiger charge is 2.29. The lowest BCUT2D eigenvalue weighted by Crippen LogP contribution is -2.27. The molecule has 4 rings (SSSR count). The van der Waals surface area contributed by atoms with Crippen molar-refractivity contribution in [1.82, 2.24) is 24.6 Å². The minimum absolute atomic E-state index is 0.0151. The molecule has 1 amide bonds. The first-order valence-electron chi connectivity index (χ1n) is 8.96. The average Bonchev–Trinajstić information content (AvgIpc) is 3.40. The third-order valence-electron chi connectivity index (χ3n) is 4.91. The van der Waals surface area contributed by atoms with Crippen molar-refractivity contribution in [3.05, 3.63) is 52.6 Å². The Morgan fingerprint density at radius 2 is 2.04 bits per heavy atom. The summed E-state index contributed by atoms with van der Waals surface area (Å²) in [5.41, 5.74) is 5.16. The fraction of sp³-hybridized carbons (Fsp3) is 0.400. The second-order valence-electron chi connectivity index (χ2n) is 7.21. The van der Waals surface area contributed by atoms with Gasteiger partial charge in [-0.25, -0.2) is 4.98 Å². The molecule has 1 saturated carbocycles. The standard InChI is InChI=1S/C20H23N5O/c1-12-6-5-7-15(21-12)11-24(3)20(26)16-10-17(14-8-9-14)22-19-18(16)13(2)23-25(19)4/h5-7,10,14H,8-9,11H2,1-4H3. The molecule has 0 aromatic carbocycles. The summed E-state index contributed by atoms with van der Waals surface area (Å²) in [5, 5.41) is 5.33. The van der Waals surface area contributed by atoms with Crippen LogP contribution in [0.2, 0.25) is 0 Å². The molecule has 0 unspecified atom stereocenters. The summed E-state index contributed by atoms with van der Waals surface area (Å²) in [6.45, 7) is 4.36. The van der Waals surface area contributed by atoms with Crippen molar-refractivity contribution in [1.29, 1.82) is 0 Å². The van der Waals surface area contributed by atoms with Crippen LogP contribution >= 0.6 is 0 Å². The van der Waals surface area contributed by atoms with Gasteiger partial charge in [-0.3, -0.25) is 14.5 Å². The summed E-state index contributed by atoms with van der Waals surface area (Å²) in [7, 11) is 3.70. The van der Waals surface area contributed by atoms with Crippen LogP contribution in [0, 0.1) is 13.8 Å². The van der Waals surface area contributed by atoms with Gasteiger partial charge in [0.25, 0.3) is 5.91 Å². The highest BCUT2D eigenvalue weighted by Crippen LogP contribution is 2.40. The summed E-state index contributed by atoms with van der Waals surface area (Å²) >= 11 is 0. The predicted octanol–water partition coefficient (Wildman–Crippen LogP) is 3.13. The van der Waals surface area contributed by atoms with Crippen LogP contribution in [0.15, 0.2) is 24.3 Å². The van der Waals surface area contributed by atoms with Crippen LogP contribution in [0.4, 0.5) is 0 Å². The minimum atomic E-state index is -0.0151. The van der Waals surface area contributed by atoms with Crippen LogP contribution < -0.4 is 0 Å². The van der Waals surface area contributed by atoms with Crippen LogP contribution in [-0.4, -0.2) is 37.6 Å². The number of fused-ring (bicyclic) bond motifs is 1. The molecule has 1 aliphatic rings. The van der Waals surface area contributed by atoms with Crippen molar-refractivity contribution >= 4 is 16.9 Å². The fourth-order valence-corrected chi connectivity index (χ4v) is 3.43. The summed E-state index contributed by atoms with van der Waals surface area (Å²) in [6, 6.07) is 7.84. The number of rotatable bonds is 4. The highest BCUT2D eigenvalue weighted by atomic mass is 16.2. The Balaban J connectivity index is 1.73. The molecule has 0 spiro atoms. The van der Waals surface area contributed by atoms with E-state index in [1.807, 2.05) is 52.2 Å². The summed E-state index contributed by atoms with van der Waals surface area (Å²) in [4.78, 5) is 24.2. The summed E-state index contributed by atoms with van der Waals surface area (Å²) in [6.07, 6.45) is 2.29. The first kappa shape index (κ1) is 16.7. The van der Waals surface area contributed by atoms with Gasteiger partial charge in [0.05, 0.1) is 28.9 Å². The quantitative estimate of drug-likeness (QED) is 0.726. The molecular weight excluding hydrogens is 326 g/mol. The van der Waals surface area contributed by atoms with Gasteiger partial charge in [-0.1, -0.05) is 6.07 Å². The topological polar surface area (TPSA) is 63.9 Å². The van der Waals surface area contributed by atoms with E-state index in [4.69, 9.17) is 4.98 Å². The molecule has 1 aliphatic carbocycles. The molecule has 3 aromatic heterocycles. The minimum Gasteiger partial charge on any atom is -0.336 e. The molecule has 26 heavy (non-hydrogen) atoms. The van der Waals surface area contributed by atoms with Crippen molar-refractivity contribution in [2.45, 2.75) is 39.2 Å². The van der Waals surface area contributed by atoms with Crippen molar-refractivity contribution < 1.29 is 4.79 Å². The largest absolute Gasteiger partial charge is 0.336 e. The number of pyridine rings is 2. The van der Waals surface area contributed by atoms with Gasteiger partial charge in [0.2, 0.25) is 0 Å². The van der Waals surface area contributed by atoms with Crippen molar-refractivity contribution in [3.8, 4) is 0 Å². The molecule has 0 saturated heterocycles. The summed E-state index contributed by atoms with van der Waals surface area (Å²) in [5.74, 6) is 0.462. The van der Waals surface area contributed by atoms with Gasteiger partial charge in [0.1, 0.15) is 0 Å². The van der Waals surface area contributed by atoms with E-state index in [-0.39, 0.29) is 5.91 Å². The van der Waals surface area contributed by atoms with E-state index >= 15 is 0 Å². The Kier molecular flexibility index (Phi) is 3.98. The number of carbonyl (C=O) groups excluding carboxylic acids is 1. The first-order valence-corrected chi connectivity index (χ1v) is 8.96. The van der Waals surface area contributed by atoms with Crippen molar-refractivity contribution in [3.63, 3.8) is 0 Å². The van der Waals surface area contributed by atoms with E-state index in [1.54, 1.807) is 9.58 Å². The normalized spacial score (nSPS) is 14.0. The number of aromatic nitrogens is 4. The van der Waals surface area contributed by atoms with Crippen LogP contribution in [-0.2, 0) is 13.6 Å². The molecule has 0 atom stereocenters. The second kappa shape index (κ2) is 6.20. The lowest BCUT2D eigenvalue weighted by molar-refractivity contribution is 0.0785. The van der Waals surface area contributed by atoms with Gasteiger partial charge in [0.15, 0.2) is 5.65 Å². The van der Waals surface area contributed by atoms with Gasteiger partial charge in [-0.2, -0.15) is 5.10 Å². The molecule has 134 valence electrons. The van der Waals surface area contributed by atoms with Gasteiger partial charge in [0, 0.05) is 31.4 Å². The van der Waals surface area contributed by atoms with E-state index in [9.17, 15) is 4.79 Å². The SMILES string of the molecule is Cc1cccc(CN(C)C(=O)c2cc(C3CC3)nc3c2c(C)nn3C)n1. The van der Waals surface area contributed by atoms with Crippen LogP contribution in [0.5, 0.6) is 0 Å². The Hall–Kier alpha value is -2.76. The van der Waals surface area contributed by atoms with Gasteiger partial charge in [-0.05, 0) is 44.9 Å². The average molecular weight is 349 g/mol. The third kappa shape index (κ3) is 2.96. The van der Waals surface area contributed by atoms with Gasteiger partial charge >= 0.3 is 0 Å².